The number of carbonyl (C=O) groups excluding carboxylic acids is 1. The van der Waals surface area contributed by atoms with Crippen LogP contribution in [-0.2, 0) is 22.6 Å². The van der Waals surface area contributed by atoms with Gasteiger partial charge in [-0.25, -0.2) is 0 Å². The smallest absolute Gasteiger partial charge is 0.250 e. The van der Waals surface area contributed by atoms with Crippen molar-refractivity contribution in [2.75, 3.05) is 32.8 Å². The number of hydrogen-bond donors (Lipinski definition) is 3. The van der Waals surface area contributed by atoms with Gasteiger partial charge in [-0.05, 0) is 24.0 Å². The summed E-state index contributed by atoms with van der Waals surface area (Å²) < 4.78 is 5.48. The first-order valence-corrected chi connectivity index (χ1v) is 8.79. The van der Waals surface area contributed by atoms with Crippen LogP contribution in [0.15, 0.2) is 24.3 Å². The van der Waals surface area contributed by atoms with Crippen molar-refractivity contribution < 1.29 is 14.6 Å². The monoisotopic (exact) mass is 333 g/mol. The van der Waals surface area contributed by atoms with Crippen LogP contribution in [0.1, 0.15) is 24.0 Å². The molecule has 0 radical (unpaired) electrons. The lowest BCUT2D eigenvalue weighted by Gasteiger charge is -2.30. The molecule has 6 nitrogen and oxygen atoms in total. The highest BCUT2D eigenvalue weighted by molar-refractivity contribution is 5.81. The molecule has 0 bridgehead atoms. The van der Waals surface area contributed by atoms with E-state index in [1.807, 2.05) is 12.1 Å². The fourth-order valence-electron chi connectivity index (χ4n) is 3.23. The summed E-state index contributed by atoms with van der Waals surface area (Å²) in [5, 5.41) is 15.8. The number of carbonyl (C=O) groups is 1. The molecular formula is C18H27N3O3. The van der Waals surface area contributed by atoms with Crippen molar-refractivity contribution in [2.24, 2.45) is 0 Å². The molecule has 1 amide bonds. The molecule has 0 unspecified atom stereocenters. The number of likely N-dealkylation sites (tertiary alicyclic amines) is 1. The molecule has 3 N–H and O–H groups in total. The standard InChI is InChI=1S/C18H27N3O3/c22-16-5-8-21(9-6-16)13-15-4-2-1-3-14(15)11-20-18(23)17-12-19-7-10-24-17/h1-4,16-17,19,22H,5-13H2,(H,20,23)/t17-/m1/s1. The van der Waals surface area contributed by atoms with Gasteiger partial charge >= 0.3 is 0 Å². The Bertz CT molecular complexity index is 538. The second-order valence-electron chi connectivity index (χ2n) is 6.56. The Morgan fingerprint density at radius 3 is 2.75 bits per heavy atom. The molecular weight excluding hydrogens is 306 g/mol. The third kappa shape index (κ3) is 4.77. The van der Waals surface area contributed by atoms with Crippen LogP contribution in [0.2, 0.25) is 0 Å². The largest absolute Gasteiger partial charge is 0.393 e. The minimum atomic E-state index is -0.394. The number of amides is 1. The van der Waals surface area contributed by atoms with Gasteiger partial charge in [0.2, 0.25) is 0 Å². The Labute approximate surface area is 143 Å². The predicted molar refractivity (Wildman–Crippen MR) is 91.4 cm³/mol. The summed E-state index contributed by atoms with van der Waals surface area (Å²) >= 11 is 0. The number of nitrogens with zero attached hydrogens (tertiary/aromatic N) is 1. The number of rotatable bonds is 5. The van der Waals surface area contributed by atoms with Crippen molar-refractivity contribution >= 4 is 5.91 Å². The quantitative estimate of drug-likeness (QED) is 0.720. The van der Waals surface area contributed by atoms with Gasteiger partial charge in [0.1, 0.15) is 6.10 Å². The van der Waals surface area contributed by atoms with E-state index in [1.165, 1.54) is 5.56 Å². The molecule has 0 aromatic heterocycles. The van der Waals surface area contributed by atoms with Crippen molar-refractivity contribution in [3.63, 3.8) is 0 Å². The summed E-state index contributed by atoms with van der Waals surface area (Å²) in [6, 6.07) is 8.22. The predicted octanol–water partition coefficient (Wildman–Crippen LogP) is 0.248. The van der Waals surface area contributed by atoms with Crippen molar-refractivity contribution in [3.05, 3.63) is 35.4 Å². The molecule has 1 atom stereocenters. The Kier molecular flexibility index (Phi) is 6.20. The molecule has 2 saturated heterocycles. The van der Waals surface area contributed by atoms with E-state index < -0.39 is 6.10 Å². The zero-order chi connectivity index (χ0) is 16.8. The van der Waals surface area contributed by atoms with Gasteiger partial charge in [0.25, 0.3) is 5.91 Å². The molecule has 2 aliphatic rings. The van der Waals surface area contributed by atoms with Crippen LogP contribution in [0.5, 0.6) is 0 Å². The highest BCUT2D eigenvalue weighted by atomic mass is 16.5. The lowest BCUT2D eigenvalue weighted by atomic mass is 10.0. The summed E-state index contributed by atoms with van der Waals surface area (Å²) in [5.41, 5.74) is 2.37. The van der Waals surface area contributed by atoms with Crippen LogP contribution in [0.25, 0.3) is 0 Å². The van der Waals surface area contributed by atoms with Crippen molar-refractivity contribution in [1.82, 2.24) is 15.5 Å². The van der Waals surface area contributed by atoms with Gasteiger partial charge in [0.05, 0.1) is 12.7 Å². The Morgan fingerprint density at radius 2 is 2.04 bits per heavy atom. The second kappa shape index (κ2) is 8.58. The average molecular weight is 333 g/mol. The number of piperidine rings is 1. The van der Waals surface area contributed by atoms with Gasteiger partial charge in [0, 0.05) is 39.3 Å². The van der Waals surface area contributed by atoms with E-state index >= 15 is 0 Å². The molecule has 2 aliphatic heterocycles. The lowest BCUT2D eigenvalue weighted by molar-refractivity contribution is -0.134. The third-order valence-corrected chi connectivity index (χ3v) is 4.74. The molecule has 3 rings (SSSR count). The van der Waals surface area contributed by atoms with E-state index in [0.29, 0.717) is 19.7 Å². The topological polar surface area (TPSA) is 73.8 Å². The summed E-state index contributed by atoms with van der Waals surface area (Å²) in [4.78, 5) is 14.6. The van der Waals surface area contributed by atoms with Crippen LogP contribution < -0.4 is 10.6 Å². The summed E-state index contributed by atoms with van der Waals surface area (Å²) in [6.45, 7) is 5.18. The van der Waals surface area contributed by atoms with Crippen LogP contribution in [0.3, 0.4) is 0 Å². The maximum Gasteiger partial charge on any atom is 0.250 e. The van der Waals surface area contributed by atoms with Gasteiger partial charge in [-0.2, -0.15) is 0 Å². The zero-order valence-corrected chi connectivity index (χ0v) is 14.0. The minimum absolute atomic E-state index is 0.0573. The van der Waals surface area contributed by atoms with E-state index in [4.69, 9.17) is 4.74 Å². The maximum absolute atomic E-state index is 12.2. The van der Waals surface area contributed by atoms with Gasteiger partial charge < -0.3 is 20.5 Å². The zero-order valence-electron chi connectivity index (χ0n) is 14.0. The van der Waals surface area contributed by atoms with Crippen molar-refractivity contribution in [1.29, 1.82) is 0 Å². The number of hydrogen-bond acceptors (Lipinski definition) is 5. The normalized spacial score (nSPS) is 23.1. The molecule has 2 heterocycles. The van der Waals surface area contributed by atoms with Gasteiger partial charge in [-0.3, -0.25) is 9.69 Å². The van der Waals surface area contributed by atoms with E-state index in [-0.39, 0.29) is 12.0 Å². The Hall–Kier alpha value is -1.47. The van der Waals surface area contributed by atoms with Crippen LogP contribution >= 0.6 is 0 Å². The highest BCUT2D eigenvalue weighted by Crippen LogP contribution is 2.16. The molecule has 0 aliphatic carbocycles. The Balaban J connectivity index is 1.54. The number of aliphatic hydroxyl groups excluding tert-OH is 1. The van der Waals surface area contributed by atoms with E-state index in [1.54, 1.807) is 0 Å². The lowest BCUT2D eigenvalue weighted by Crippen LogP contribution is -2.47. The SMILES string of the molecule is O=C(NCc1ccccc1CN1CCC(O)CC1)[C@H]1CNCCO1. The van der Waals surface area contributed by atoms with Crippen LogP contribution in [0.4, 0.5) is 0 Å². The van der Waals surface area contributed by atoms with E-state index in [2.05, 4.69) is 27.7 Å². The number of ether oxygens (including phenoxy) is 1. The fraction of sp³-hybridized carbons (Fsp3) is 0.611. The van der Waals surface area contributed by atoms with Crippen molar-refractivity contribution in [2.45, 2.75) is 38.1 Å². The number of nitrogens with one attached hydrogen (secondary N) is 2. The van der Waals surface area contributed by atoms with Crippen LogP contribution in [-0.4, -0.2) is 60.9 Å². The number of morpholine rings is 1. The van der Waals surface area contributed by atoms with Gasteiger partial charge in [-0.1, -0.05) is 24.3 Å². The third-order valence-electron chi connectivity index (χ3n) is 4.74. The molecule has 0 spiro atoms. The first-order valence-electron chi connectivity index (χ1n) is 8.79. The molecule has 132 valence electrons. The second-order valence-corrected chi connectivity index (χ2v) is 6.56. The highest BCUT2D eigenvalue weighted by Gasteiger charge is 2.22. The fourth-order valence-corrected chi connectivity index (χ4v) is 3.23. The summed E-state index contributed by atoms with van der Waals surface area (Å²) in [7, 11) is 0. The number of benzene rings is 1. The van der Waals surface area contributed by atoms with Gasteiger partial charge in [0.15, 0.2) is 0 Å². The average Bonchev–Trinajstić information content (AvgIpc) is 2.63. The molecule has 1 aromatic carbocycles. The molecule has 24 heavy (non-hydrogen) atoms. The van der Waals surface area contributed by atoms with E-state index in [9.17, 15) is 9.90 Å². The maximum atomic E-state index is 12.2. The van der Waals surface area contributed by atoms with Crippen LogP contribution in [0, 0.1) is 0 Å². The summed E-state index contributed by atoms with van der Waals surface area (Å²) in [5.74, 6) is -0.0573. The minimum Gasteiger partial charge on any atom is -0.393 e. The molecule has 6 heteroatoms. The van der Waals surface area contributed by atoms with Crippen molar-refractivity contribution in [3.8, 4) is 0 Å². The number of aliphatic hydroxyl groups is 1. The molecule has 1 aromatic rings. The van der Waals surface area contributed by atoms with E-state index in [0.717, 1.165) is 44.6 Å². The first-order chi connectivity index (χ1) is 11.7. The summed E-state index contributed by atoms with van der Waals surface area (Å²) in [6.07, 6.45) is 1.13. The molecule has 2 fully saturated rings. The Morgan fingerprint density at radius 1 is 1.29 bits per heavy atom. The molecule has 0 saturated carbocycles. The van der Waals surface area contributed by atoms with Gasteiger partial charge in [-0.15, -0.1) is 0 Å². The first kappa shape index (κ1) is 17.4.